The fourth-order valence-electron chi connectivity index (χ4n) is 1.03. The van der Waals surface area contributed by atoms with E-state index in [2.05, 4.69) is 9.97 Å². The van der Waals surface area contributed by atoms with Gasteiger partial charge in [0.1, 0.15) is 0 Å². The van der Waals surface area contributed by atoms with Crippen molar-refractivity contribution in [1.29, 1.82) is 0 Å². The third kappa shape index (κ3) is 3.93. The molecule has 0 aromatic carbocycles. The zero-order valence-electron chi connectivity index (χ0n) is 9.14. The summed E-state index contributed by atoms with van der Waals surface area (Å²) in [7, 11) is 0.614. The van der Waals surface area contributed by atoms with Gasteiger partial charge in [-0.2, -0.15) is 0 Å². The van der Waals surface area contributed by atoms with Crippen LogP contribution in [0.25, 0.3) is 0 Å². The zero-order chi connectivity index (χ0) is 11.5. The van der Waals surface area contributed by atoms with Crippen LogP contribution in [0.3, 0.4) is 0 Å². The van der Waals surface area contributed by atoms with Gasteiger partial charge in [0, 0.05) is 31.1 Å². The van der Waals surface area contributed by atoms with Gasteiger partial charge in [-0.05, 0) is 20.2 Å². The average molecular weight is 229 g/mol. The van der Waals surface area contributed by atoms with Crippen LogP contribution in [0.2, 0.25) is 0 Å². The molecule has 0 N–H and O–H groups in total. The van der Waals surface area contributed by atoms with Crippen LogP contribution in [0.5, 0.6) is 0 Å². The molecule has 0 aliphatic rings. The summed E-state index contributed by atoms with van der Waals surface area (Å²) in [6, 6.07) is 1.73. The normalized spacial score (nSPS) is 12.0. The molecule has 1 rings (SSSR count). The van der Waals surface area contributed by atoms with Gasteiger partial charge in [-0.3, -0.25) is 0 Å². The second-order valence-electron chi connectivity index (χ2n) is 3.66. The highest BCUT2D eigenvalue weighted by Crippen LogP contribution is 2.03. The predicted octanol–water partition coefficient (Wildman–Crippen LogP) is -0.0158. The minimum atomic E-state index is -3.30. The van der Waals surface area contributed by atoms with Crippen molar-refractivity contribution in [2.45, 2.75) is 11.6 Å². The highest BCUT2D eigenvalue weighted by molar-refractivity contribution is 7.90. The molecule has 0 aliphatic carbocycles. The monoisotopic (exact) mass is 229 g/mol. The lowest BCUT2D eigenvalue weighted by atomic mass is 10.3. The van der Waals surface area contributed by atoms with Crippen molar-refractivity contribution in [3.63, 3.8) is 0 Å². The van der Waals surface area contributed by atoms with Crippen molar-refractivity contribution in [3.8, 4) is 0 Å². The van der Waals surface area contributed by atoms with E-state index in [1.807, 2.05) is 19.0 Å². The molecule has 84 valence electrons. The molecule has 0 fully saturated rings. The van der Waals surface area contributed by atoms with Crippen LogP contribution in [-0.4, -0.2) is 50.2 Å². The predicted molar refractivity (Wildman–Crippen MR) is 57.4 cm³/mol. The van der Waals surface area contributed by atoms with E-state index in [-0.39, 0.29) is 5.16 Å². The molecule has 0 saturated carbocycles. The van der Waals surface area contributed by atoms with Crippen LogP contribution in [0.15, 0.2) is 17.4 Å². The van der Waals surface area contributed by atoms with Crippen LogP contribution in [0.1, 0.15) is 5.69 Å². The fourth-order valence-corrected chi connectivity index (χ4v) is 1.57. The Morgan fingerprint density at radius 3 is 2.60 bits per heavy atom. The summed E-state index contributed by atoms with van der Waals surface area (Å²) in [5.41, 5.74) is 0.749. The van der Waals surface area contributed by atoms with Crippen molar-refractivity contribution in [2.75, 3.05) is 26.9 Å². The summed E-state index contributed by atoms with van der Waals surface area (Å²) in [6.45, 7) is 0.834. The Morgan fingerprint density at radius 1 is 1.40 bits per heavy atom. The number of hydrogen-bond donors (Lipinski definition) is 0. The van der Waals surface area contributed by atoms with Gasteiger partial charge in [-0.15, -0.1) is 0 Å². The molecule has 1 aromatic heterocycles. The second-order valence-corrected chi connectivity index (χ2v) is 5.57. The number of aromatic nitrogens is 2. The SMILES string of the molecule is CN(C)CCc1ccnc(S(C)(=O)=O)n1. The van der Waals surface area contributed by atoms with E-state index < -0.39 is 9.84 Å². The van der Waals surface area contributed by atoms with E-state index in [1.165, 1.54) is 6.20 Å². The van der Waals surface area contributed by atoms with Gasteiger partial charge < -0.3 is 4.90 Å². The lowest BCUT2D eigenvalue weighted by molar-refractivity contribution is 0.411. The Balaban J connectivity index is 2.84. The summed E-state index contributed by atoms with van der Waals surface area (Å²) in [5.74, 6) is 0. The maximum atomic E-state index is 11.2. The number of sulfone groups is 1. The summed E-state index contributed by atoms with van der Waals surface area (Å²) < 4.78 is 22.4. The maximum absolute atomic E-state index is 11.2. The smallest absolute Gasteiger partial charge is 0.246 e. The van der Waals surface area contributed by atoms with Crippen LogP contribution in [0, 0.1) is 0 Å². The zero-order valence-corrected chi connectivity index (χ0v) is 9.95. The maximum Gasteiger partial charge on any atom is 0.246 e. The molecule has 1 heterocycles. The first-order chi connectivity index (χ1) is 6.89. The molecular formula is C9H15N3O2S. The molecular weight excluding hydrogens is 214 g/mol. The number of likely N-dealkylation sites (N-methyl/N-ethyl adjacent to an activating group) is 1. The summed E-state index contributed by atoms with van der Waals surface area (Å²) in [6.07, 6.45) is 3.31. The first kappa shape index (κ1) is 12.1. The van der Waals surface area contributed by atoms with Crippen molar-refractivity contribution >= 4 is 9.84 Å². The van der Waals surface area contributed by atoms with Gasteiger partial charge in [0.25, 0.3) is 0 Å². The average Bonchev–Trinajstić information content (AvgIpc) is 2.14. The molecule has 1 aromatic rings. The minimum absolute atomic E-state index is 0.0984. The van der Waals surface area contributed by atoms with Crippen molar-refractivity contribution < 1.29 is 8.42 Å². The molecule has 0 spiro atoms. The van der Waals surface area contributed by atoms with Gasteiger partial charge in [-0.1, -0.05) is 0 Å². The Bertz CT molecular complexity index is 429. The molecule has 0 aliphatic heterocycles. The summed E-state index contributed by atoms with van der Waals surface area (Å²) >= 11 is 0. The topological polar surface area (TPSA) is 63.2 Å². The lowest BCUT2D eigenvalue weighted by Gasteiger charge is -2.08. The Kier molecular flexibility index (Phi) is 3.76. The van der Waals surface area contributed by atoms with Crippen molar-refractivity contribution in [3.05, 3.63) is 18.0 Å². The number of rotatable bonds is 4. The number of hydrogen-bond acceptors (Lipinski definition) is 5. The molecule has 0 amide bonds. The third-order valence-electron chi connectivity index (χ3n) is 1.84. The molecule has 0 radical (unpaired) electrons. The third-order valence-corrected chi connectivity index (χ3v) is 2.70. The van der Waals surface area contributed by atoms with Gasteiger partial charge in [0.2, 0.25) is 15.0 Å². The van der Waals surface area contributed by atoms with E-state index in [0.29, 0.717) is 0 Å². The van der Waals surface area contributed by atoms with E-state index in [4.69, 9.17) is 0 Å². The van der Waals surface area contributed by atoms with E-state index in [9.17, 15) is 8.42 Å². The first-order valence-electron chi connectivity index (χ1n) is 4.56. The van der Waals surface area contributed by atoms with Crippen molar-refractivity contribution in [1.82, 2.24) is 14.9 Å². The molecule has 6 heteroatoms. The molecule has 0 saturated heterocycles. The first-order valence-corrected chi connectivity index (χ1v) is 6.45. The molecule has 15 heavy (non-hydrogen) atoms. The van der Waals surface area contributed by atoms with Crippen molar-refractivity contribution in [2.24, 2.45) is 0 Å². The highest BCUT2D eigenvalue weighted by Gasteiger charge is 2.10. The van der Waals surface area contributed by atoms with Crippen LogP contribution in [0.4, 0.5) is 0 Å². The van der Waals surface area contributed by atoms with Gasteiger partial charge in [-0.25, -0.2) is 18.4 Å². The van der Waals surface area contributed by atoms with Gasteiger partial charge >= 0.3 is 0 Å². The van der Waals surface area contributed by atoms with Crippen LogP contribution in [-0.2, 0) is 16.3 Å². The van der Waals surface area contributed by atoms with E-state index in [0.717, 1.165) is 24.9 Å². The van der Waals surface area contributed by atoms with Crippen LogP contribution < -0.4 is 0 Å². The van der Waals surface area contributed by atoms with E-state index >= 15 is 0 Å². The lowest BCUT2D eigenvalue weighted by Crippen LogP contribution is -2.16. The molecule has 0 bridgehead atoms. The molecule has 0 atom stereocenters. The Hall–Kier alpha value is -1.01. The van der Waals surface area contributed by atoms with E-state index in [1.54, 1.807) is 6.07 Å². The standard InChI is InChI=1S/C9H15N3O2S/c1-12(2)7-5-8-4-6-10-9(11-8)15(3,13)14/h4,6H,5,7H2,1-3H3. The number of nitrogens with zero attached hydrogens (tertiary/aromatic N) is 3. The van der Waals surface area contributed by atoms with Gasteiger partial charge in [0.15, 0.2) is 0 Å². The molecule has 5 nitrogen and oxygen atoms in total. The minimum Gasteiger partial charge on any atom is -0.309 e. The largest absolute Gasteiger partial charge is 0.309 e. The Morgan fingerprint density at radius 2 is 2.07 bits per heavy atom. The highest BCUT2D eigenvalue weighted by atomic mass is 32.2. The second kappa shape index (κ2) is 4.67. The Labute approximate surface area is 90.1 Å². The summed E-state index contributed by atoms with van der Waals surface area (Å²) in [5, 5.41) is -0.0984. The quantitative estimate of drug-likeness (QED) is 0.679. The summed E-state index contributed by atoms with van der Waals surface area (Å²) in [4.78, 5) is 9.73. The van der Waals surface area contributed by atoms with Crippen LogP contribution >= 0.6 is 0 Å². The molecule has 0 unspecified atom stereocenters. The fraction of sp³-hybridized carbons (Fsp3) is 0.556. The van der Waals surface area contributed by atoms with Gasteiger partial charge in [0.05, 0.1) is 0 Å².